The van der Waals surface area contributed by atoms with Gasteiger partial charge in [-0.15, -0.1) is 0 Å². The topological polar surface area (TPSA) is 61.8 Å². The summed E-state index contributed by atoms with van der Waals surface area (Å²) in [5.41, 5.74) is 0.330. The van der Waals surface area contributed by atoms with E-state index in [1.165, 1.54) is 0 Å². The molecule has 132 valence electrons. The third-order valence-electron chi connectivity index (χ3n) is 3.87. The van der Waals surface area contributed by atoms with Crippen LogP contribution >= 0.6 is 0 Å². The summed E-state index contributed by atoms with van der Waals surface area (Å²) in [5, 5.41) is 0. The molecule has 0 atom stereocenters. The van der Waals surface area contributed by atoms with Crippen LogP contribution in [0.15, 0.2) is 54.6 Å². The van der Waals surface area contributed by atoms with E-state index in [9.17, 15) is 9.59 Å². The highest BCUT2D eigenvalue weighted by atomic mass is 16.7. The predicted octanol–water partition coefficient (Wildman–Crippen LogP) is 4.74. The Morgan fingerprint density at radius 3 is 2.00 bits per heavy atom. The van der Waals surface area contributed by atoms with E-state index < -0.39 is 11.6 Å². The van der Waals surface area contributed by atoms with Crippen molar-refractivity contribution in [1.29, 1.82) is 0 Å². The van der Waals surface area contributed by atoms with Gasteiger partial charge in [0.25, 0.3) is 0 Å². The first kappa shape index (κ1) is 18.5. The lowest BCUT2D eigenvalue weighted by Gasteiger charge is -2.20. The molecule has 0 aliphatic heterocycles. The maximum Gasteiger partial charge on any atom is 0.514 e. The summed E-state index contributed by atoms with van der Waals surface area (Å²) < 4.78 is 15.4. The molecule has 5 nitrogen and oxygen atoms in total. The zero-order chi connectivity index (χ0) is 18.3. The zero-order valence-corrected chi connectivity index (χ0v) is 14.7. The van der Waals surface area contributed by atoms with Gasteiger partial charge < -0.3 is 14.2 Å². The molecule has 5 heteroatoms. The van der Waals surface area contributed by atoms with E-state index in [1.807, 2.05) is 51.1 Å². The van der Waals surface area contributed by atoms with E-state index in [2.05, 4.69) is 0 Å². The van der Waals surface area contributed by atoms with Gasteiger partial charge in [-0.2, -0.15) is 0 Å². The summed E-state index contributed by atoms with van der Waals surface area (Å²) in [5.74, 6) is 0.412. The van der Waals surface area contributed by atoms with Crippen LogP contribution in [0, 0.1) is 5.41 Å². The minimum atomic E-state index is -0.791. The number of rotatable bonds is 6. The molecule has 0 N–H and O–H groups in total. The molecule has 0 aromatic heterocycles. The summed E-state index contributed by atoms with van der Waals surface area (Å²) in [4.78, 5) is 23.7. The lowest BCUT2D eigenvalue weighted by Crippen LogP contribution is -2.28. The molecule has 0 aliphatic carbocycles. The third kappa shape index (κ3) is 5.64. The molecule has 0 heterocycles. The quantitative estimate of drug-likeness (QED) is 0.431. The number of benzene rings is 2. The largest absolute Gasteiger partial charge is 0.514 e. The fourth-order valence-corrected chi connectivity index (χ4v) is 1.81. The van der Waals surface area contributed by atoms with Crippen LogP contribution < -0.4 is 9.47 Å². The van der Waals surface area contributed by atoms with Gasteiger partial charge in [0.1, 0.15) is 18.1 Å². The second kappa shape index (κ2) is 8.33. The highest BCUT2D eigenvalue weighted by molar-refractivity contribution is 5.78. The third-order valence-corrected chi connectivity index (χ3v) is 3.87. The normalized spacial score (nSPS) is 10.8. The summed E-state index contributed by atoms with van der Waals surface area (Å²) >= 11 is 0. The van der Waals surface area contributed by atoms with Gasteiger partial charge in [-0.25, -0.2) is 4.79 Å². The fourth-order valence-electron chi connectivity index (χ4n) is 1.81. The molecule has 0 fully saturated rings. The maximum absolute atomic E-state index is 12.0. The van der Waals surface area contributed by atoms with Crippen LogP contribution in [0.2, 0.25) is 0 Å². The SMILES string of the molecule is CCC(C)(C)C(=O)Oc1ccc(OC(=O)OCc2ccccc2)cc1. The van der Waals surface area contributed by atoms with Crippen LogP contribution in [0.25, 0.3) is 0 Å². The summed E-state index contributed by atoms with van der Waals surface area (Å²) in [6, 6.07) is 15.6. The van der Waals surface area contributed by atoms with Crippen molar-refractivity contribution >= 4 is 12.1 Å². The number of ether oxygens (including phenoxy) is 3. The molecule has 0 saturated heterocycles. The van der Waals surface area contributed by atoms with Gasteiger partial charge in [-0.05, 0) is 50.1 Å². The molecule has 0 saturated carbocycles. The van der Waals surface area contributed by atoms with Gasteiger partial charge in [0, 0.05) is 0 Å². The van der Waals surface area contributed by atoms with Gasteiger partial charge in [0.2, 0.25) is 0 Å². The molecule has 0 aliphatic rings. The van der Waals surface area contributed by atoms with E-state index in [1.54, 1.807) is 24.3 Å². The van der Waals surface area contributed by atoms with E-state index in [0.29, 0.717) is 17.9 Å². The van der Waals surface area contributed by atoms with Crippen molar-refractivity contribution in [3.63, 3.8) is 0 Å². The van der Waals surface area contributed by atoms with Crippen LogP contribution in [-0.2, 0) is 16.1 Å². The Morgan fingerprint density at radius 2 is 1.44 bits per heavy atom. The highest BCUT2D eigenvalue weighted by Gasteiger charge is 2.27. The van der Waals surface area contributed by atoms with Crippen LogP contribution in [0.4, 0.5) is 4.79 Å². The summed E-state index contributed by atoms with van der Waals surface area (Å²) in [6.45, 7) is 5.73. The fraction of sp³-hybridized carbons (Fsp3) is 0.300. The van der Waals surface area contributed by atoms with Crippen molar-refractivity contribution in [2.24, 2.45) is 5.41 Å². The van der Waals surface area contributed by atoms with Crippen LogP contribution in [0.5, 0.6) is 11.5 Å². The molecular weight excluding hydrogens is 320 g/mol. The highest BCUT2D eigenvalue weighted by Crippen LogP contribution is 2.25. The Morgan fingerprint density at radius 1 is 0.880 bits per heavy atom. The second-order valence-electron chi connectivity index (χ2n) is 6.22. The lowest BCUT2D eigenvalue weighted by molar-refractivity contribution is -0.144. The molecule has 2 aromatic rings. The first-order valence-electron chi connectivity index (χ1n) is 8.11. The average Bonchev–Trinajstić information content (AvgIpc) is 2.62. The number of hydrogen-bond donors (Lipinski definition) is 0. The number of esters is 1. The maximum atomic E-state index is 12.0. The average molecular weight is 342 g/mol. The van der Waals surface area contributed by atoms with E-state index in [-0.39, 0.29) is 12.6 Å². The van der Waals surface area contributed by atoms with Gasteiger partial charge in [0.05, 0.1) is 5.41 Å². The molecule has 2 rings (SSSR count). The van der Waals surface area contributed by atoms with Crippen molar-refractivity contribution in [2.45, 2.75) is 33.8 Å². The Kier molecular flexibility index (Phi) is 6.17. The number of carbonyl (C=O) groups is 2. The van der Waals surface area contributed by atoms with Crippen molar-refractivity contribution in [3.05, 3.63) is 60.2 Å². The lowest BCUT2D eigenvalue weighted by atomic mass is 9.91. The number of hydrogen-bond acceptors (Lipinski definition) is 5. The Labute approximate surface area is 147 Å². The molecule has 0 radical (unpaired) electrons. The summed E-state index contributed by atoms with van der Waals surface area (Å²) in [7, 11) is 0. The first-order chi connectivity index (χ1) is 11.9. The van der Waals surface area contributed by atoms with Crippen molar-refractivity contribution in [2.75, 3.05) is 0 Å². The van der Waals surface area contributed by atoms with E-state index in [4.69, 9.17) is 14.2 Å². The second-order valence-corrected chi connectivity index (χ2v) is 6.22. The minimum Gasteiger partial charge on any atom is -0.429 e. The van der Waals surface area contributed by atoms with Crippen LogP contribution in [0.1, 0.15) is 32.8 Å². The van der Waals surface area contributed by atoms with Gasteiger partial charge in [0.15, 0.2) is 0 Å². The van der Waals surface area contributed by atoms with Crippen LogP contribution in [-0.4, -0.2) is 12.1 Å². The smallest absolute Gasteiger partial charge is 0.429 e. The molecule has 25 heavy (non-hydrogen) atoms. The van der Waals surface area contributed by atoms with Crippen LogP contribution in [0.3, 0.4) is 0 Å². The Bertz CT molecular complexity index is 705. The van der Waals surface area contributed by atoms with Gasteiger partial charge in [-0.3, -0.25) is 4.79 Å². The van der Waals surface area contributed by atoms with Gasteiger partial charge >= 0.3 is 12.1 Å². The molecule has 0 unspecified atom stereocenters. The molecule has 0 bridgehead atoms. The monoisotopic (exact) mass is 342 g/mol. The van der Waals surface area contributed by atoms with Crippen molar-refractivity contribution < 1.29 is 23.8 Å². The van der Waals surface area contributed by atoms with Gasteiger partial charge in [-0.1, -0.05) is 37.3 Å². The van der Waals surface area contributed by atoms with Crippen molar-refractivity contribution in [1.82, 2.24) is 0 Å². The van der Waals surface area contributed by atoms with E-state index in [0.717, 1.165) is 5.56 Å². The Hall–Kier alpha value is -2.82. The molecule has 0 amide bonds. The van der Waals surface area contributed by atoms with E-state index >= 15 is 0 Å². The minimum absolute atomic E-state index is 0.140. The first-order valence-corrected chi connectivity index (χ1v) is 8.11. The standard InChI is InChI=1S/C20H22O5/c1-4-20(2,3)18(21)24-16-10-12-17(13-11-16)25-19(22)23-14-15-8-6-5-7-9-15/h5-13H,4,14H2,1-3H3. The molecular formula is C20H22O5. The summed E-state index contributed by atoms with van der Waals surface area (Å²) in [6.07, 6.45) is -0.110. The predicted molar refractivity (Wildman–Crippen MR) is 93.4 cm³/mol. The van der Waals surface area contributed by atoms with Crippen molar-refractivity contribution in [3.8, 4) is 11.5 Å². The Balaban J connectivity index is 1.85. The zero-order valence-electron chi connectivity index (χ0n) is 14.7. The number of carbonyl (C=O) groups excluding carboxylic acids is 2. The molecule has 2 aromatic carbocycles. The molecule has 0 spiro atoms.